The molecule has 1 aliphatic carbocycles. The van der Waals surface area contributed by atoms with E-state index in [1.54, 1.807) is 6.20 Å². The highest BCUT2D eigenvalue weighted by Gasteiger charge is 2.25. The maximum atomic E-state index is 12.0. The van der Waals surface area contributed by atoms with Gasteiger partial charge in [0, 0.05) is 30.4 Å². The summed E-state index contributed by atoms with van der Waals surface area (Å²) in [6, 6.07) is 12.3. The van der Waals surface area contributed by atoms with Crippen LogP contribution in [0.5, 0.6) is 0 Å². The van der Waals surface area contributed by atoms with Crippen LogP contribution in [-0.4, -0.2) is 24.0 Å². The van der Waals surface area contributed by atoms with E-state index < -0.39 is 0 Å². The SMILES string of the molecule is O=C(Nc1ccc(Nc2ccc(N3CCCCC3)cc2)nc1)C1CCC1. The highest BCUT2D eigenvalue weighted by molar-refractivity contribution is 5.92. The number of nitrogens with one attached hydrogen (secondary N) is 2. The van der Waals surface area contributed by atoms with Gasteiger partial charge < -0.3 is 15.5 Å². The first-order chi connectivity index (χ1) is 12.8. The monoisotopic (exact) mass is 350 g/mol. The standard InChI is InChI=1S/C21H26N4O/c26-21(16-5-4-6-16)24-18-9-12-20(22-15-18)23-17-7-10-19(11-8-17)25-13-2-1-3-14-25/h7-12,15-16H,1-6,13-14H2,(H,22,23)(H,24,26). The quantitative estimate of drug-likeness (QED) is 0.830. The first-order valence-electron chi connectivity index (χ1n) is 9.67. The number of hydrogen-bond acceptors (Lipinski definition) is 4. The van der Waals surface area contributed by atoms with Gasteiger partial charge in [-0.15, -0.1) is 0 Å². The number of carbonyl (C=O) groups excluding carboxylic acids is 1. The molecule has 1 saturated heterocycles. The average Bonchev–Trinajstić information content (AvgIpc) is 2.63. The van der Waals surface area contributed by atoms with Crippen LogP contribution in [0.1, 0.15) is 38.5 Å². The fourth-order valence-electron chi connectivity index (χ4n) is 3.51. The van der Waals surface area contributed by atoms with Gasteiger partial charge in [-0.2, -0.15) is 0 Å². The molecule has 1 aromatic heterocycles. The number of aromatic nitrogens is 1. The summed E-state index contributed by atoms with van der Waals surface area (Å²) in [6.07, 6.45) is 8.80. The molecule has 0 atom stereocenters. The molecule has 1 aliphatic heterocycles. The first kappa shape index (κ1) is 16.9. The molecule has 0 spiro atoms. The van der Waals surface area contributed by atoms with Crippen molar-refractivity contribution in [3.8, 4) is 0 Å². The Bertz CT molecular complexity index is 732. The maximum absolute atomic E-state index is 12.0. The lowest BCUT2D eigenvalue weighted by molar-refractivity contribution is -0.122. The second kappa shape index (κ2) is 7.77. The molecule has 0 radical (unpaired) electrons. The topological polar surface area (TPSA) is 57.3 Å². The lowest BCUT2D eigenvalue weighted by Crippen LogP contribution is -2.29. The summed E-state index contributed by atoms with van der Waals surface area (Å²) in [5.74, 6) is 1.08. The van der Waals surface area contributed by atoms with Crippen LogP contribution < -0.4 is 15.5 Å². The van der Waals surface area contributed by atoms with Gasteiger partial charge in [0.2, 0.25) is 5.91 Å². The molecule has 2 aromatic rings. The molecule has 2 fully saturated rings. The summed E-state index contributed by atoms with van der Waals surface area (Å²) in [5, 5.41) is 6.26. The summed E-state index contributed by atoms with van der Waals surface area (Å²) in [6.45, 7) is 2.31. The number of rotatable bonds is 5. The normalized spacial score (nSPS) is 17.5. The molecule has 2 heterocycles. The van der Waals surface area contributed by atoms with Crippen molar-refractivity contribution in [2.75, 3.05) is 28.6 Å². The number of benzene rings is 1. The van der Waals surface area contributed by atoms with Gasteiger partial charge in [0.05, 0.1) is 11.9 Å². The Morgan fingerprint density at radius 1 is 0.923 bits per heavy atom. The molecule has 5 heteroatoms. The number of pyridine rings is 1. The minimum Gasteiger partial charge on any atom is -0.372 e. The summed E-state index contributed by atoms with van der Waals surface area (Å²) < 4.78 is 0. The number of nitrogens with zero attached hydrogens (tertiary/aromatic N) is 2. The first-order valence-corrected chi connectivity index (χ1v) is 9.67. The molecule has 0 unspecified atom stereocenters. The average molecular weight is 350 g/mol. The van der Waals surface area contributed by atoms with Crippen molar-refractivity contribution in [3.05, 3.63) is 42.6 Å². The third-order valence-corrected chi connectivity index (χ3v) is 5.37. The lowest BCUT2D eigenvalue weighted by Gasteiger charge is -2.28. The van der Waals surface area contributed by atoms with Gasteiger partial charge in [0.15, 0.2) is 0 Å². The van der Waals surface area contributed by atoms with Crippen LogP contribution in [0.3, 0.4) is 0 Å². The molecule has 0 bridgehead atoms. The molecule has 1 amide bonds. The zero-order valence-corrected chi connectivity index (χ0v) is 15.1. The summed E-state index contributed by atoms with van der Waals surface area (Å²) in [4.78, 5) is 18.8. The molecule has 5 nitrogen and oxygen atoms in total. The van der Waals surface area contributed by atoms with Crippen LogP contribution in [0.2, 0.25) is 0 Å². The molecule has 2 aliphatic rings. The van der Waals surface area contributed by atoms with E-state index in [0.717, 1.165) is 49.5 Å². The summed E-state index contributed by atoms with van der Waals surface area (Å²) in [7, 11) is 0. The molecule has 2 N–H and O–H groups in total. The van der Waals surface area contributed by atoms with Gasteiger partial charge in [0.1, 0.15) is 5.82 Å². The third kappa shape index (κ3) is 3.98. The maximum Gasteiger partial charge on any atom is 0.227 e. The highest BCUT2D eigenvalue weighted by Crippen LogP contribution is 2.28. The van der Waals surface area contributed by atoms with Crippen molar-refractivity contribution < 1.29 is 4.79 Å². The summed E-state index contributed by atoms with van der Waals surface area (Å²) >= 11 is 0. The Kier molecular flexibility index (Phi) is 5.04. The van der Waals surface area contributed by atoms with Gasteiger partial charge in [-0.1, -0.05) is 6.42 Å². The van der Waals surface area contributed by atoms with Crippen molar-refractivity contribution in [3.63, 3.8) is 0 Å². The predicted octanol–water partition coefficient (Wildman–Crippen LogP) is 4.55. The van der Waals surface area contributed by atoms with E-state index in [2.05, 4.69) is 44.8 Å². The van der Waals surface area contributed by atoms with E-state index in [4.69, 9.17) is 0 Å². The molecule has 1 saturated carbocycles. The fourth-order valence-corrected chi connectivity index (χ4v) is 3.51. The third-order valence-electron chi connectivity index (χ3n) is 5.37. The second-order valence-electron chi connectivity index (χ2n) is 7.27. The van der Waals surface area contributed by atoms with Gasteiger partial charge in [-0.25, -0.2) is 4.98 Å². The van der Waals surface area contributed by atoms with Crippen molar-refractivity contribution in [2.45, 2.75) is 38.5 Å². The number of amides is 1. The minimum atomic E-state index is 0.118. The summed E-state index contributed by atoms with van der Waals surface area (Å²) in [5.41, 5.74) is 3.06. The van der Waals surface area contributed by atoms with Gasteiger partial charge in [-0.05, 0) is 68.5 Å². The molecular formula is C21H26N4O. The zero-order valence-electron chi connectivity index (χ0n) is 15.1. The van der Waals surface area contributed by atoms with E-state index in [0.29, 0.717) is 0 Å². The largest absolute Gasteiger partial charge is 0.372 e. The van der Waals surface area contributed by atoms with Crippen LogP contribution in [0.25, 0.3) is 0 Å². The van der Waals surface area contributed by atoms with Crippen molar-refractivity contribution in [2.24, 2.45) is 5.92 Å². The zero-order chi connectivity index (χ0) is 17.8. The molecule has 4 rings (SSSR count). The Balaban J connectivity index is 1.33. The predicted molar refractivity (Wildman–Crippen MR) is 106 cm³/mol. The van der Waals surface area contributed by atoms with Gasteiger partial charge in [-0.3, -0.25) is 4.79 Å². The minimum absolute atomic E-state index is 0.118. The van der Waals surface area contributed by atoms with Crippen LogP contribution in [0.4, 0.5) is 22.9 Å². The molecule has 136 valence electrons. The Labute approximate surface area is 154 Å². The van der Waals surface area contributed by atoms with E-state index in [-0.39, 0.29) is 11.8 Å². The number of hydrogen-bond donors (Lipinski definition) is 2. The van der Waals surface area contributed by atoms with Crippen LogP contribution in [-0.2, 0) is 4.79 Å². The van der Waals surface area contributed by atoms with E-state index in [1.807, 2.05) is 12.1 Å². The van der Waals surface area contributed by atoms with Crippen molar-refractivity contribution >= 4 is 28.8 Å². The number of carbonyl (C=O) groups is 1. The van der Waals surface area contributed by atoms with E-state index >= 15 is 0 Å². The number of piperidine rings is 1. The fraction of sp³-hybridized carbons (Fsp3) is 0.429. The highest BCUT2D eigenvalue weighted by atomic mass is 16.1. The van der Waals surface area contributed by atoms with Crippen molar-refractivity contribution in [1.82, 2.24) is 4.98 Å². The Morgan fingerprint density at radius 2 is 1.65 bits per heavy atom. The molecular weight excluding hydrogens is 324 g/mol. The Hall–Kier alpha value is -2.56. The smallest absolute Gasteiger partial charge is 0.227 e. The Morgan fingerprint density at radius 3 is 2.27 bits per heavy atom. The van der Waals surface area contributed by atoms with E-state index in [1.165, 1.54) is 24.9 Å². The van der Waals surface area contributed by atoms with Crippen LogP contribution in [0.15, 0.2) is 42.6 Å². The number of anilines is 4. The van der Waals surface area contributed by atoms with Crippen molar-refractivity contribution in [1.29, 1.82) is 0 Å². The lowest BCUT2D eigenvalue weighted by atomic mass is 9.85. The van der Waals surface area contributed by atoms with Gasteiger partial charge in [0.25, 0.3) is 0 Å². The second-order valence-corrected chi connectivity index (χ2v) is 7.27. The van der Waals surface area contributed by atoms with Crippen LogP contribution >= 0.6 is 0 Å². The van der Waals surface area contributed by atoms with Gasteiger partial charge >= 0.3 is 0 Å². The molecule has 1 aromatic carbocycles. The molecule has 26 heavy (non-hydrogen) atoms. The van der Waals surface area contributed by atoms with E-state index in [9.17, 15) is 4.79 Å². The van der Waals surface area contributed by atoms with Crippen LogP contribution in [0, 0.1) is 5.92 Å².